The molecule has 1 aliphatic carbocycles. The highest BCUT2D eigenvalue weighted by Crippen LogP contribution is 2.45. The number of carbonyl (C=O) groups is 2. The molecule has 0 radical (unpaired) electrons. The highest BCUT2D eigenvalue weighted by molar-refractivity contribution is 5.95. The van der Waals surface area contributed by atoms with Gasteiger partial charge in [-0.05, 0) is 94.7 Å². The third-order valence-electron chi connectivity index (χ3n) is 8.08. The minimum atomic E-state index is -1.53. The first-order valence-electron chi connectivity index (χ1n) is 14.6. The molecule has 1 unspecified atom stereocenters. The highest BCUT2D eigenvalue weighted by Gasteiger charge is 2.38. The Morgan fingerprint density at radius 2 is 1.79 bits per heavy atom. The van der Waals surface area contributed by atoms with Gasteiger partial charge < -0.3 is 18.9 Å². The van der Waals surface area contributed by atoms with Gasteiger partial charge in [-0.25, -0.2) is 14.0 Å². The molecule has 3 atom stereocenters. The number of aryl methyl sites for hydroxylation is 1. The highest BCUT2D eigenvalue weighted by atomic mass is 19.1. The molecular weight excluding hydrogens is 539 g/mol. The van der Waals surface area contributed by atoms with Crippen molar-refractivity contribution in [3.05, 3.63) is 64.8 Å². The topological polar surface area (TPSA) is 79.2 Å². The summed E-state index contributed by atoms with van der Waals surface area (Å²) in [5, 5.41) is 0.595. The van der Waals surface area contributed by atoms with E-state index < -0.39 is 24.0 Å². The van der Waals surface area contributed by atoms with Gasteiger partial charge in [-0.3, -0.25) is 9.47 Å². The fraction of sp³-hybridized carbons (Fsp3) is 0.515. The number of halogens is 1. The monoisotopic (exact) mass is 580 g/mol. The lowest BCUT2D eigenvalue weighted by molar-refractivity contribution is -0.0584. The molecule has 226 valence electrons. The van der Waals surface area contributed by atoms with Crippen molar-refractivity contribution in [2.45, 2.75) is 77.4 Å². The molecule has 1 saturated heterocycles. The summed E-state index contributed by atoms with van der Waals surface area (Å²) in [5.41, 5.74) is 2.38. The van der Waals surface area contributed by atoms with Crippen molar-refractivity contribution < 1.29 is 32.9 Å². The van der Waals surface area contributed by atoms with E-state index in [9.17, 15) is 9.59 Å². The van der Waals surface area contributed by atoms with Crippen molar-refractivity contribution in [2.24, 2.45) is 5.92 Å². The van der Waals surface area contributed by atoms with E-state index in [2.05, 4.69) is 0 Å². The van der Waals surface area contributed by atoms with Crippen LogP contribution in [0.1, 0.15) is 85.8 Å². The molecule has 2 aliphatic rings. The number of piperidine rings is 1. The summed E-state index contributed by atoms with van der Waals surface area (Å²) in [7, 11) is 2.88. The van der Waals surface area contributed by atoms with Crippen LogP contribution < -0.4 is 4.74 Å². The maximum absolute atomic E-state index is 17.1. The number of nitrogens with zero attached hydrogens (tertiary/aromatic N) is 2. The minimum absolute atomic E-state index is 0.00696. The predicted molar refractivity (Wildman–Crippen MR) is 158 cm³/mol. The number of esters is 1. The number of fused-ring (bicyclic) bond motifs is 1. The lowest BCUT2D eigenvalue weighted by Crippen LogP contribution is -2.41. The van der Waals surface area contributed by atoms with Crippen LogP contribution in [-0.2, 0) is 14.2 Å². The van der Waals surface area contributed by atoms with Crippen molar-refractivity contribution in [1.82, 2.24) is 9.47 Å². The zero-order valence-corrected chi connectivity index (χ0v) is 25.3. The number of rotatable bonds is 8. The normalized spacial score (nSPS) is 20.4. The lowest BCUT2D eigenvalue weighted by Gasteiger charge is -2.41. The first-order chi connectivity index (χ1) is 20.0. The fourth-order valence-electron chi connectivity index (χ4n) is 5.79. The second-order valence-corrected chi connectivity index (χ2v) is 12.4. The Balaban J connectivity index is 1.52. The first kappa shape index (κ1) is 30.0. The Morgan fingerprint density at radius 3 is 2.40 bits per heavy atom. The average molecular weight is 581 g/mol. The second kappa shape index (κ2) is 12.1. The fourth-order valence-corrected chi connectivity index (χ4v) is 5.79. The van der Waals surface area contributed by atoms with Crippen LogP contribution in [0, 0.1) is 12.8 Å². The Labute approximate surface area is 246 Å². The molecule has 2 heterocycles. The molecule has 42 heavy (non-hydrogen) atoms. The van der Waals surface area contributed by atoms with Crippen LogP contribution in [0.25, 0.3) is 10.9 Å². The largest absolute Gasteiger partial charge is 0.496 e. The van der Waals surface area contributed by atoms with Crippen LogP contribution in [0.15, 0.2) is 42.6 Å². The second-order valence-electron chi connectivity index (χ2n) is 12.4. The number of ether oxygens (including phenoxy) is 4. The summed E-state index contributed by atoms with van der Waals surface area (Å²) in [6.45, 7) is 8.51. The number of hydrogen-bond donors (Lipinski definition) is 0. The number of likely N-dealkylation sites (tertiary alicyclic amines) is 1. The molecule has 1 aromatic heterocycles. The SMILES string of the molecule is COC(=O)c1ccc([C@@H]2C[C@H](OCC3CC3)CCN2C(F)c2c(OC)cc(C)c3c2ccn3C(=O)OC(C)(C)C)cc1. The molecular formula is C33H41FN2O6. The van der Waals surface area contributed by atoms with Gasteiger partial charge in [0.25, 0.3) is 0 Å². The van der Waals surface area contributed by atoms with Crippen molar-refractivity contribution >= 4 is 23.0 Å². The summed E-state index contributed by atoms with van der Waals surface area (Å²) in [6, 6.07) is 10.4. The Bertz CT molecular complexity index is 1440. The summed E-state index contributed by atoms with van der Waals surface area (Å²) in [6.07, 6.45) is 3.29. The minimum Gasteiger partial charge on any atom is -0.496 e. The Kier molecular flexibility index (Phi) is 8.62. The van der Waals surface area contributed by atoms with E-state index >= 15 is 4.39 Å². The molecule has 3 aromatic rings. The number of aromatic nitrogens is 1. The number of alkyl halides is 1. The van der Waals surface area contributed by atoms with Gasteiger partial charge in [0.1, 0.15) is 11.4 Å². The molecule has 9 heteroatoms. The van der Waals surface area contributed by atoms with Crippen LogP contribution >= 0.6 is 0 Å². The molecule has 0 N–H and O–H groups in total. The number of benzene rings is 2. The van der Waals surface area contributed by atoms with E-state index in [0.29, 0.717) is 53.1 Å². The Hall–Kier alpha value is -3.43. The van der Waals surface area contributed by atoms with Crippen molar-refractivity contribution in [2.75, 3.05) is 27.4 Å². The van der Waals surface area contributed by atoms with Crippen molar-refractivity contribution in [1.29, 1.82) is 0 Å². The lowest BCUT2D eigenvalue weighted by atomic mass is 9.91. The van der Waals surface area contributed by atoms with Gasteiger partial charge >= 0.3 is 12.1 Å². The van der Waals surface area contributed by atoms with Crippen LogP contribution in [0.5, 0.6) is 5.75 Å². The van der Waals surface area contributed by atoms with E-state index in [0.717, 1.165) is 17.7 Å². The van der Waals surface area contributed by atoms with Crippen LogP contribution in [0.2, 0.25) is 0 Å². The number of hydrogen-bond acceptors (Lipinski definition) is 7. The van der Waals surface area contributed by atoms with E-state index in [1.807, 2.05) is 44.7 Å². The van der Waals surface area contributed by atoms with Gasteiger partial charge in [0.15, 0.2) is 6.30 Å². The molecule has 0 bridgehead atoms. The summed E-state index contributed by atoms with van der Waals surface area (Å²) in [5.74, 6) is 0.632. The third-order valence-corrected chi connectivity index (χ3v) is 8.08. The number of methoxy groups -OCH3 is 2. The van der Waals surface area contributed by atoms with E-state index in [1.54, 1.807) is 30.5 Å². The molecule has 0 amide bonds. The quantitative estimate of drug-likeness (QED) is 0.207. The zero-order valence-electron chi connectivity index (χ0n) is 25.3. The zero-order chi connectivity index (χ0) is 30.2. The van der Waals surface area contributed by atoms with Gasteiger partial charge in [0.2, 0.25) is 0 Å². The maximum atomic E-state index is 17.1. The van der Waals surface area contributed by atoms with Crippen LogP contribution in [0.4, 0.5) is 9.18 Å². The van der Waals surface area contributed by atoms with E-state index in [4.69, 9.17) is 18.9 Å². The molecule has 5 rings (SSSR count). The Morgan fingerprint density at radius 1 is 1.07 bits per heavy atom. The van der Waals surface area contributed by atoms with Gasteiger partial charge in [-0.1, -0.05) is 12.1 Å². The van der Waals surface area contributed by atoms with E-state index in [-0.39, 0.29) is 12.1 Å². The summed E-state index contributed by atoms with van der Waals surface area (Å²) >= 11 is 0. The van der Waals surface area contributed by atoms with Crippen molar-refractivity contribution in [3.63, 3.8) is 0 Å². The summed E-state index contributed by atoms with van der Waals surface area (Å²) in [4.78, 5) is 27.0. The van der Waals surface area contributed by atoms with Gasteiger partial charge in [0.05, 0.1) is 37.0 Å². The third kappa shape index (κ3) is 6.32. The van der Waals surface area contributed by atoms with Gasteiger partial charge in [-0.15, -0.1) is 0 Å². The van der Waals surface area contributed by atoms with Gasteiger partial charge in [0, 0.05) is 30.8 Å². The molecule has 2 fully saturated rings. The van der Waals surface area contributed by atoms with Crippen LogP contribution in [0.3, 0.4) is 0 Å². The molecule has 1 saturated carbocycles. The van der Waals surface area contributed by atoms with Gasteiger partial charge in [-0.2, -0.15) is 0 Å². The molecule has 2 aromatic carbocycles. The maximum Gasteiger partial charge on any atom is 0.419 e. The smallest absolute Gasteiger partial charge is 0.419 e. The average Bonchev–Trinajstić information content (AvgIpc) is 3.69. The number of carbonyl (C=O) groups excluding carboxylic acids is 2. The predicted octanol–water partition coefficient (Wildman–Crippen LogP) is 7.13. The first-order valence-corrected chi connectivity index (χ1v) is 14.6. The molecule has 8 nitrogen and oxygen atoms in total. The standard InChI is InChI=1S/C33H41FN2O6/c1-20-17-27(39-5)28(25-14-16-36(29(20)25)32(38)42-33(2,3)4)30(34)35-15-13-24(41-19-21-7-8-21)18-26(35)22-9-11-23(12-10-22)31(37)40-6/h9-12,14,16-17,21,24,26,30H,7-8,13,15,18-19H2,1-6H3/t24-,26+,30?/m1/s1. The molecule has 1 aliphatic heterocycles. The molecule has 0 spiro atoms. The van der Waals surface area contributed by atoms with Crippen LogP contribution in [-0.4, -0.2) is 60.6 Å². The summed E-state index contributed by atoms with van der Waals surface area (Å²) < 4.78 is 41.0. The van der Waals surface area contributed by atoms with E-state index in [1.165, 1.54) is 31.6 Å². The van der Waals surface area contributed by atoms with Crippen molar-refractivity contribution in [3.8, 4) is 5.75 Å².